The van der Waals surface area contributed by atoms with E-state index in [1.165, 1.54) is 44.6 Å². The third-order valence-electron chi connectivity index (χ3n) is 3.97. The number of carbonyl (C=O) groups excluding carboxylic acids is 1. The lowest BCUT2D eigenvalue weighted by Crippen LogP contribution is -2.56. The monoisotopic (exact) mass is 529 g/mol. The molecule has 0 saturated heterocycles. The second kappa shape index (κ2) is 10.7. The van der Waals surface area contributed by atoms with Gasteiger partial charge in [0.25, 0.3) is 5.91 Å². The van der Waals surface area contributed by atoms with Crippen LogP contribution in [0.4, 0.5) is 18.9 Å². The Morgan fingerprint density at radius 1 is 1.00 bits per heavy atom. The first-order valence-electron chi connectivity index (χ1n) is 8.69. The van der Waals surface area contributed by atoms with E-state index in [-0.39, 0.29) is 16.4 Å². The Morgan fingerprint density at radius 2 is 1.66 bits per heavy atom. The first-order valence-corrected chi connectivity index (χ1v) is 10.2. The highest BCUT2D eigenvalue weighted by Gasteiger charge is 2.35. The quantitative estimate of drug-likeness (QED) is 0.273. The summed E-state index contributed by atoms with van der Waals surface area (Å²) in [5.41, 5.74) is -0.656. The molecule has 0 heterocycles. The molecule has 0 saturated carbocycles. The van der Waals surface area contributed by atoms with Crippen LogP contribution >= 0.6 is 47.0 Å². The van der Waals surface area contributed by atoms with E-state index in [1.54, 1.807) is 0 Å². The van der Waals surface area contributed by atoms with E-state index in [9.17, 15) is 18.0 Å². The van der Waals surface area contributed by atoms with Gasteiger partial charge < -0.3 is 25.4 Å². The van der Waals surface area contributed by atoms with Crippen molar-refractivity contribution in [3.8, 4) is 11.5 Å². The molecule has 13 heteroatoms. The number of alkyl halides is 6. The molecule has 0 fully saturated rings. The summed E-state index contributed by atoms with van der Waals surface area (Å²) in [6.07, 6.45) is -5.86. The average molecular weight is 531 g/mol. The van der Waals surface area contributed by atoms with E-state index in [2.05, 4.69) is 16.0 Å². The second-order valence-electron chi connectivity index (χ2n) is 6.19. The van der Waals surface area contributed by atoms with Crippen LogP contribution in [-0.2, 0) is 6.18 Å². The number of methoxy groups -OCH3 is 2. The van der Waals surface area contributed by atoms with Crippen LogP contribution in [-0.4, -0.2) is 35.2 Å². The summed E-state index contributed by atoms with van der Waals surface area (Å²) >= 11 is 22.9. The van der Waals surface area contributed by atoms with Gasteiger partial charge in [0, 0.05) is 11.3 Å². The molecule has 0 aliphatic rings. The summed E-state index contributed by atoms with van der Waals surface area (Å²) in [7, 11) is 2.85. The third-order valence-corrected chi connectivity index (χ3v) is 4.85. The van der Waals surface area contributed by atoms with Crippen LogP contribution in [0.15, 0.2) is 42.5 Å². The van der Waals surface area contributed by atoms with Crippen molar-refractivity contribution in [2.45, 2.75) is 16.1 Å². The number of anilines is 1. The predicted molar refractivity (Wildman–Crippen MR) is 122 cm³/mol. The lowest BCUT2D eigenvalue weighted by Gasteiger charge is -2.28. The van der Waals surface area contributed by atoms with Crippen LogP contribution < -0.4 is 25.4 Å². The number of nitrogens with one attached hydrogen (secondary N) is 3. The number of rotatable bonds is 6. The molecule has 2 aromatic rings. The summed E-state index contributed by atoms with van der Waals surface area (Å²) in [4.78, 5) is 12.7. The molecule has 3 N–H and O–H groups in total. The first kappa shape index (κ1) is 26.1. The van der Waals surface area contributed by atoms with Crippen molar-refractivity contribution in [2.24, 2.45) is 0 Å². The van der Waals surface area contributed by atoms with Crippen LogP contribution in [0.25, 0.3) is 0 Å². The van der Waals surface area contributed by atoms with Gasteiger partial charge in [-0.1, -0.05) is 40.9 Å². The fraction of sp³-hybridized carbons (Fsp3) is 0.263. The minimum atomic E-state index is -4.53. The number of hydrogen-bond donors (Lipinski definition) is 3. The van der Waals surface area contributed by atoms with Gasteiger partial charge in [0.15, 0.2) is 16.6 Å². The molecule has 0 radical (unpaired) electrons. The average Bonchev–Trinajstić information content (AvgIpc) is 2.71. The van der Waals surface area contributed by atoms with Gasteiger partial charge >= 0.3 is 6.18 Å². The fourth-order valence-electron chi connectivity index (χ4n) is 2.46. The molecular formula is C19H17Cl3F3N3O3S. The lowest BCUT2D eigenvalue weighted by molar-refractivity contribution is -0.137. The van der Waals surface area contributed by atoms with Crippen LogP contribution in [0.1, 0.15) is 15.9 Å². The largest absolute Gasteiger partial charge is 0.493 e. The predicted octanol–water partition coefficient (Wildman–Crippen LogP) is 5.14. The van der Waals surface area contributed by atoms with E-state index >= 15 is 0 Å². The van der Waals surface area contributed by atoms with E-state index in [4.69, 9.17) is 56.5 Å². The summed E-state index contributed by atoms with van der Waals surface area (Å²) in [6, 6.07) is 8.75. The summed E-state index contributed by atoms with van der Waals surface area (Å²) < 4.78 is 46.9. The van der Waals surface area contributed by atoms with Gasteiger partial charge in [-0.3, -0.25) is 4.79 Å². The van der Waals surface area contributed by atoms with Gasteiger partial charge in [0.1, 0.15) is 6.17 Å². The summed E-state index contributed by atoms with van der Waals surface area (Å²) in [6.45, 7) is 0. The number of benzene rings is 2. The Kier molecular flexibility index (Phi) is 8.69. The van der Waals surface area contributed by atoms with Gasteiger partial charge in [0.05, 0.1) is 19.8 Å². The zero-order chi connectivity index (χ0) is 24.1. The highest BCUT2D eigenvalue weighted by molar-refractivity contribution is 7.80. The van der Waals surface area contributed by atoms with Crippen LogP contribution in [0.3, 0.4) is 0 Å². The second-order valence-corrected chi connectivity index (χ2v) is 8.97. The van der Waals surface area contributed by atoms with E-state index < -0.39 is 27.6 Å². The number of ether oxygens (including phenoxy) is 2. The van der Waals surface area contributed by atoms with Gasteiger partial charge in [-0.25, -0.2) is 0 Å². The maximum absolute atomic E-state index is 12.9. The molecule has 2 aromatic carbocycles. The maximum Gasteiger partial charge on any atom is 0.416 e. The van der Waals surface area contributed by atoms with Crippen molar-refractivity contribution >= 4 is 63.7 Å². The standard InChI is InChI=1S/C19H17Cl3F3N3O3S/c1-30-13-7-6-10(8-14(13)31-2)15(29)27-16(18(20,21)22)28-17(32)26-12-5-3-4-11(9-12)19(23,24)25/h3-9,16H,1-2H3,(H,27,29)(H2,26,28,32). The van der Waals surface area contributed by atoms with Crippen LogP contribution in [0.5, 0.6) is 11.5 Å². The number of halogens is 6. The van der Waals surface area contributed by atoms with Gasteiger partial charge in [-0.05, 0) is 48.6 Å². The highest BCUT2D eigenvalue weighted by Crippen LogP contribution is 2.32. The molecule has 0 aromatic heterocycles. The third kappa shape index (κ3) is 7.19. The Morgan fingerprint density at radius 3 is 2.22 bits per heavy atom. The lowest BCUT2D eigenvalue weighted by atomic mass is 10.2. The van der Waals surface area contributed by atoms with Gasteiger partial charge in [-0.15, -0.1) is 0 Å². The Bertz CT molecular complexity index is 988. The zero-order valence-electron chi connectivity index (χ0n) is 16.5. The van der Waals surface area contributed by atoms with Crippen molar-refractivity contribution in [1.29, 1.82) is 0 Å². The number of hydrogen-bond acceptors (Lipinski definition) is 4. The maximum atomic E-state index is 12.9. The van der Waals surface area contributed by atoms with Gasteiger partial charge in [-0.2, -0.15) is 13.2 Å². The Labute approximate surface area is 202 Å². The number of carbonyl (C=O) groups is 1. The molecule has 0 spiro atoms. The van der Waals surface area contributed by atoms with Crippen LogP contribution in [0, 0.1) is 0 Å². The molecule has 1 unspecified atom stereocenters. The highest BCUT2D eigenvalue weighted by atomic mass is 35.6. The van der Waals surface area contributed by atoms with Crippen molar-refractivity contribution in [2.75, 3.05) is 19.5 Å². The first-order chi connectivity index (χ1) is 14.8. The topological polar surface area (TPSA) is 71.6 Å². The number of amides is 1. The molecule has 2 rings (SSSR count). The summed E-state index contributed by atoms with van der Waals surface area (Å²) in [5.74, 6) is 0.0727. The zero-order valence-corrected chi connectivity index (χ0v) is 19.6. The van der Waals surface area contributed by atoms with E-state index in [0.717, 1.165) is 12.1 Å². The van der Waals surface area contributed by atoms with Crippen molar-refractivity contribution in [1.82, 2.24) is 10.6 Å². The molecular weight excluding hydrogens is 514 g/mol. The van der Waals surface area contributed by atoms with Crippen LogP contribution in [0.2, 0.25) is 0 Å². The van der Waals surface area contributed by atoms with Crippen molar-refractivity contribution in [3.05, 3.63) is 53.6 Å². The number of thiocarbonyl (C=S) groups is 1. The molecule has 174 valence electrons. The smallest absolute Gasteiger partial charge is 0.416 e. The van der Waals surface area contributed by atoms with Gasteiger partial charge in [0.2, 0.25) is 3.79 Å². The Balaban J connectivity index is 2.14. The SMILES string of the molecule is COc1ccc(C(=O)NC(NC(=S)Nc2cccc(C(F)(F)F)c2)C(Cl)(Cl)Cl)cc1OC. The summed E-state index contributed by atoms with van der Waals surface area (Å²) in [5, 5.41) is 7.41. The minimum Gasteiger partial charge on any atom is -0.493 e. The van der Waals surface area contributed by atoms with E-state index in [1.807, 2.05) is 0 Å². The Hall–Kier alpha value is -2.14. The molecule has 1 amide bonds. The minimum absolute atomic E-state index is 0.0478. The molecule has 32 heavy (non-hydrogen) atoms. The van der Waals surface area contributed by atoms with E-state index in [0.29, 0.717) is 11.5 Å². The van der Waals surface area contributed by atoms with Crippen molar-refractivity contribution < 1.29 is 27.4 Å². The molecule has 0 aliphatic carbocycles. The molecule has 1 atom stereocenters. The molecule has 0 bridgehead atoms. The van der Waals surface area contributed by atoms with Crippen molar-refractivity contribution in [3.63, 3.8) is 0 Å². The normalized spacial score (nSPS) is 12.5. The molecule has 6 nitrogen and oxygen atoms in total. The molecule has 0 aliphatic heterocycles. The fourth-order valence-corrected chi connectivity index (χ4v) is 3.03.